The van der Waals surface area contributed by atoms with Crippen LogP contribution in [-0.4, -0.2) is 0 Å². The quantitative estimate of drug-likeness (QED) is 0.135. The number of alkyl halides is 2. The van der Waals surface area contributed by atoms with E-state index in [1.165, 1.54) is 6.07 Å². The van der Waals surface area contributed by atoms with Crippen LogP contribution in [0.5, 0.6) is 5.75 Å². The van der Waals surface area contributed by atoms with Crippen LogP contribution >= 0.6 is 0 Å². The van der Waals surface area contributed by atoms with Gasteiger partial charge in [-0.25, -0.2) is 26.3 Å². The zero-order valence-corrected chi connectivity index (χ0v) is 21.7. The fourth-order valence-electron chi connectivity index (χ4n) is 4.65. The molecule has 0 fully saturated rings. The molecule has 0 radical (unpaired) electrons. The van der Waals surface area contributed by atoms with E-state index < -0.39 is 80.0 Å². The molecule has 0 atom stereocenters. The lowest BCUT2D eigenvalue weighted by Gasteiger charge is -2.20. The molecule has 0 saturated carbocycles. The van der Waals surface area contributed by atoms with Crippen molar-refractivity contribution in [1.29, 1.82) is 0 Å². The molecule has 0 saturated heterocycles. The molecule has 0 heterocycles. The summed E-state index contributed by atoms with van der Waals surface area (Å²) in [5.41, 5.74) is -0.386. The van der Waals surface area contributed by atoms with Gasteiger partial charge in [0.15, 0.2) is 29.0 Å². The van der Waals surface area contributed by atoms with E-state index in [0.717, 1.165) is 42.7 Å². The first-order valence-corrected chi connectivity index (χ1v) is 12.6. The maximum atomic E-state index is 15.0. The second-order valence-corrected chi connectivity index (χ2v) is 9.54. The minimum Gasteiger partial charge on any atom is -0.426 e. The Morgan fingerprint density at radius 1 is 0.595 bits per heavy atom. The maximum absolute atomic E-state index is 15.0. The first-order valence-electron chi connectivity index (χ1n) is 12.6. The summed E-state index contributed by atoms with van der Waals surface area (Å²) in [5.74, 6) is -13.1. The van der Waals surface area contributed by atoms with Crippen molar-refractivity contribution >= 4 is 10.8 Å². The molecule has 0 aliphatic rings. The molecular formula is C32H19F9O. The zero-order valence-electron chi connectivity index (χ0n) is 21.7. The molecule has 0 unspecified atom stereocenters. The van der Waals surface area contributed by atoms with Crippen molar-refractivity contribution in [1.82, 2.24) is 0 Å². The summed E-state index contributed by atoms with van der Waals surface area (Å²) in [5, 5.41) is -1.41. The molecule has 0 N–H and O–H groups in total. The lowest BCUT2D eigenvalue weighted by Crippen LogP contribution is -2.24. The smallest absolute Gasteiger partial charge is 0.426 e. The van der Waals surface area contributed by atoms with E-state index >= 15 is 0 Å². The molecule has 0 spiro atoms. The second kappa shape index (κ2) is 11.1. The summed E-state index contributed by atoms with van der Waals surface area (Å²) in [6.45, 7) is 2.02. The van der Waals surface area contributed by atoms with Crippen LogP contribution < -0.4 is 4.74 Å². The topological polar surface area (TPSA) is 9.23 Å². The number of fused-ring (bicyclic) bond motifs is 1. The minimum atomic E-state index is -4.43. The van der Waals surface area contributed by atoms with Crippen LogP contribution in [0.1, 0.15) is 24.5 Å². The summed E-state index contributed by atoms with van der Waals surface area (Å²) >= 11 is 0. The van der Waals surface area contributed by atoms with Gasteiger partial charge in [-0.15, -0.1) is 0 Å². The van der Waals surface area contributed by atoms with E-state index in [4.69, 9.17) is 0 Å². The van der Waals surface area contributed by atoms with Gasteiger partial charge in [-0.2, -0.15) is 13.2 Å². The van der Waals surface area contributed by atoms with Crippen molar-refractivity contribution in [2.24, 2.45) is 0 Å². The van der Waals surface area contributed by atoms with Gasteiger partial charge < -0.3 is 4.74 Å². The van der Waals surface area contributed by atoms with Crippen molar-refractivity contribution in [3.63, 3.8) is 0 Å². The largest absolute Gasteiger partial charge is 0.429 e. The fraction of sp³-hybridized carbons (Fsp3) is 0.125. The lowest BCUT2D eigenvalue weighted by atomic mass is 9.99. The summed E-state index contributed by atoms with van der Waals surface area (Å²) in [6.07, 6.45) is -2.66. The van der Waals surface area contributed by atoms with Crippen molar-refractivity contribution < 1.29 is 44.3 Å². The standard InChI is InChI=1S/C32H19F9O/c1-2-3-16-4-6-17(7-5-16)18-8-10-22(23(33)13-18)32(40,41)42-26-11-9-21(28(36)30(26)38)19-12-20-15-25(35)29(37)31(39)27(20)24(34)14-19/h4-15H,2-3H2,1H3. The molecule has 1 nitrogen and oxygen atoms in total. The zero-order chi connectivity index (χ0) is 30.3. The SMILES string of the molecule is CCCc1ccc(-c2ccc(C(F)(F)Oc3ccc(-c4cc(F)c5c(F)c(F)c(F)cc5c4)c(F)c3F)c(F)c2)cc1. The van der Waals surface area contributed by atoms with E-state index in [1.54, 1.807) is 12.1 Å². The monoisotopic (exact) mass is 590 g/mol. The average Bonchev–Trinajstić information content (AvgIpc) is 2.94. The maximum Gasteiger partial charge on any atom is 0.429 e. The van der Waals surface area contributed by atoms with E-state index in [1.807, 2.05) is 19.1 Å². The van der Waals surface area contributed by atoms with Gasteiger partial charge in [-0.3, -0.25) is 0 Å². The molecule has 0 amide bonds. The molecule has 42 heavy (non-hydrogen) atoms. The first kappa shape index (κ1) is 29.0. The number of halogens is 9. The molecule has 0 aliphatic carbocycles. The average molecular weight is 590 g/mol. The summed E-state index contributed by atoms with van der Waals surface area (Å²) in [4.78, 5) is 0. The fourth-order valence-corrected chi connectivity index (χ4v) is 4.65. The summed E-state index contributed by atoms with van der Waals surface area (Å²) in [6, 6.07) is 13.3. The van der Waals surface area contributed by atoms with Crippen LogP contribution in [0.25, 0.3) is 33.0 Å². The number of hydrogen-bond donors (Lipinski definition) is 0. The van der Waals surface area contributed by atoms with Crippen LogP contribution in [-0.2, 0) is 12.5 Å². The number of ether oxygens (including phenoxy) is 1. The van der Waals surface area contributed by atoms with Crippen LogP contribution in [0.15, 0.2) is 72.8 Å². The van der Waals surface area contributed by atoms with Gasteiger partial charge >= 0.3 is 6.11 Å². The lowest BCUT2D eigenvalue weighted by molar-refractivity contribution is -0.189. The highest BCUT2D eigenvalue weighted by Crippen LogP contribution is 2.39. The van der Waals surface area contributed by atoms with E-state index in [9.17, 15) is 39.5 Å². The molecule has 5 rings (SSSR count). The van der Waals surface area contributed by atoms with Crippen molar-refractivity contribution in [3.05, 3.63) is 125 Å². The van der Waals surface area contributed by atoms with E-state index in [-0.39, 0.29) is 0 Å². The molecule has 216 valence electrons. The highest BCUT2D eigenvalue weighted by atomic mass is 19.3. The highest BCUT2D eigenvalue weighted by Gasteiger charge is 2.39. The second-order valence-electron chi connectivity index (χ2n) is 9.54. The molecule has 0 aromatic heterocycles. The number of aryl methyl sites for hydroxylation is 1. The Morgan fingerprint density at radius 2 is 1.26 bits per heavy atom. The van der Waals surface area contributed by atoms with Crippen molar-refractivity contribution in [3.8, 4) is 28.0 Å². The molecule has 5 aromatic carbocycles. The van der Waals surface area contributed by atoms with Gasteiger partial charge in [0.05, 0.1) is 10.9 Å². The highest BCUT2D eigenvalue weighted by molar-refractivity contribution is 5.88. The predicted octanol–water partition coefficient (Wildman–Crippen LogP) is 10.2. The Labute approximate surface area is 233 Å². The first-order chi connectivity index (χ1) is 19.9. The van der Waals surface area contributed by atoms with Gasteiger partial charge in [0.2, 0.25) is 5.82 Å². The Bertz CT molecular complexity index is 1810. The van der Waals surface area contributed by atoms with Crippen molar-refractivity contribution in [2.45, 2.75) is 25.9 Å². The van der Waals surface area contributed by atoms with Crippen LogP contribution in [0.2, 0.25) is 0 Å². The van der Waals surface area contributed by atoms with E-state index in [0.29, 0.717) is 29.3 Å². The third kappa shape index (κ3) is 5.29. The summed E-state index contributed by atoms with van der Waals surface area (Å²) < 4.78 is 135. The van der Waals surface area contributed by atoms with Crippen LogP contribution in [0, 0.1) is 40.7 Å². The molecule has 5 aromatic rings. The van der Waals surface area contributed by atoms with Gasteiger partial charge in [-0.1, -0.05) is 43.7 Å². The predicted molar refractivity (Wildman–Crippen MR) is 139 cm³/mol. The Kier molecular flexibility index (Phi) is 7.66. The van der Waals surface area contributed by atoms with Gasteiger partial charge in [0.1, 0.15) is 11.6 Å². The number of rotatable bonds is 7. The Morgan fingerprint density at radius 3 is 1.93 bits per heavy atom. The molecule has 0 bridgehead atoms. The Balaban J connectivity index is 1.44. The molecule has 0 aliphatic heterocycles. The third-order valence-electron chi connectivity index (χ3n) is 6.73. The Hall–Kier alpha value is -4.47. The van der Waals surface area contributed by atoms with Crippen molar-refractivity contribution in [2.75, 3.05) is 0 Å². The number of hydrogen-bond acceptors (Lipinski definition) is 1. The van der Waals surface area contributed by atoms with Gasteiger partial charge in [-0.05, 0) is 76.5 Å². The molecule has 10 heteroatoms. The third-order valence-corrected chi connectivity index (χ3v) is 6.73. The van der Waals surface area contributed by atoms with Crippen LogP contribution in [0.4, 0.5) is 39.5 Å². The molecular weight excluding hydrogens is 571 g/mol. The minimum absolute atomic E-state index is 0.307. The van der Waals surface area contributed by atoms with Gasteiger partial charge in [0, 0.05) is 5.56 Å². The van der Waals surface area contributed by atoms with E-state index in [2.05, 4.69) is 4.74 Å². The number of benzene rings is 5. The van der Waals surface area contributed by atoms with Crippen LogP contribution in [0.3, 0.4) is 0 Å². The van der Waals surface area contributed by atoms with Gasteiger partial charge in [0.25, 0.3) is 0 Å². The summed E-state index contributed by atoms with van der Waals surface area (Å²) in [7, 11) is 0. The normalized spacial score (nSPS) is 11.8.